The van der Waals surface area contributed by atoms with Gasteiger partial charge in [-0.1, -0.05) is 24.8 Å². The lowest BCUT2D eigenvalue weighted by Crippen LogP contribution is -2.27. The van der Waals surface area contributed by atoms with Gasteiger partial charge in [-0.05, 0) is 18.2 Å². The van der Waals surface area contributed by atoms with Crippen molar-refractivity contribution in [1.82, 2.24) is 5.06 Å². The molecule has 0 bridgehead atoms. The molecule has 1 aromatic rings. The lowest BCUT2D eigenvalue weighted by Gasteiger charge is -2.15. The highest BCUT2D eigenvalue weighted by Gasteiger charge is 2.14. The van der Waals surface area contributed by atoms with Crippen LogP contribution in [-0.2, 0) is 9.57 Å². The van der Waals surface area contributed by atoms with E-state index in [1.807, 2.05) is 0 Å². The number of esters is 1. The smallest absolute Gasteiger partial charge is 0.338 e. The molecule has 0 aliphatic carbocycles. The van der Waals surface area contributed by atoms with Crippen molar-refractivity contribution < 1.29 is 19.2 Å². The molecule has 0 spiro atoms. The fraction of sp³-hybridized carbons (Fsp3) is 0.200. The summed E-state index contributed by atoms with van der Waals surface area (Å²) in [4.78, 5) is 28.8. The first-order valence-corrected chi connectivity index (χ1v) is 6.00. The number of rotatable bonds is 7. The summed E-state index contributed by atoms with van der Waals surface area (Å²) in [6.45, 7) is 7.31. The second-order valence-corrected chi connectivity index (χ2v) is 3.86. The first-order chi connectivity index (χ1) is 9.60. The van der Waals surface area contributed by atoms with Gasteiger partial charge in [-0.25, -0.2) is 9.86 Å². The molecule has 5 heteroatoms. The Hall–Kier alpha value is -2.40. The predicted molar refractivity (Wildman–Crippen MR) is 75.2 cm³/mol. The van der Waals surface area contributed by atoms with Crippen molar-refractivity contribution in [2.24, 2.45) is 0 Å². The van der Waals surface area contributed by atoms with E-state index in [1.54, 1.807) is 18.2 Å². The summed E-state index contributed by atoms with van der Waals surface area (Å²) < 4.78 is 4.91. The molecule has 5 nitrogen and oxygen atoms in total. The summed E-state index contributed by atoms with van der Waals surface area (Å²) in [6.07, 6.45) is 3.01. The Bertz CT molecular complexity index is 510. The predicted octanol–water partition coefficient (Wildman–Crippen LogP) is 2.22. The van der Waals surface area contributed by atoms with E-state index in [9.17, 15) is 9.59 Å². The molecule has 0 radical (unpaired) electrons. The molecule has 0 saturated heterocycles. The number of nitrogens with zero attached hydrogens (tertiary/aromatic N) is 1. The van der Waals surface area contributed by atoms with Crippen molar-refractivity contribution in [3.05, 3.63) is 60.7 Å². The number of hydrogen-bond donors (Lipinski definition) is 0. The van der Waals surface area contributed by atoms with E-state index in [4.69, 9.17) is 9.57 Å². The van der Waals surface area contributed by atoms with E-state index >= 15 is 0 Å². The third-order valence-electron chi connectivity index (χ3n) is 2.35. The minimum absolute atomic E-state index is 0.124. The van der Waals surface area contributed by atoms with Crippen LogP contribution in [-0.4, -0.2) is 37.2 Å². The Balaban J connectivity index is 2.81. The minimum Gasteiger partial charge on any atom is -0.458 e. The third-order valence-corrected chi connectivity index (χ3v) is 2.35. The molecule has 1 aromatic carbocycles. The van der Waals surface area contributed by atoms with Gasteiger partial charge >= 0.3 is 5.97 Å². The monoisotopic (exact) mass is 275 g/mol. The maximum absolute atomic E-state index is 12.0. The Labute approximate surface area is 118 Å². The zero-order valence-electron chi connectivity index (χ0n) is 11.4. The highest BCUT2D eigenvalue weighted by molar-refractivity contribution is 5.97. The molecule has 0 aliphatic rings. The Morgan fingerprint density at radius 1 is 1.20 bits per heavy atom. The first-order valence-electron chi connectivity index (χ1n) is 6.00. The van der Waals surface area contributed by atoms with E-state index < -0.39 is 5.97 Å². The molecular formula is C15H17NO4. The van der Waals surface area contributed by atoms with Crippen LogP contribution in [0.2, 0.25) is 0 Å². The molecule has 0 atom stereocenters. The summed E-state index contributed by atoms with van der Waals surface area (Å²) in [5.41, 5.74) is 0.638. The second kappa shape index (κ2) is 7.91. The highest BCUT2D eigenvalue weighted by atomic mass is 16.7. The van der Waals surface area contributed by atoms with Crippen LogP contribution in [0, 0.1) is 0 Å². The second-order valence-electron chi connectivity index (χ2n) is 3.86. The van der Waals surface area contributed by atoms with Crippen LogP contribution < -0.4 is 0 Å². The van der Waals surface area contributed by atoms with Gasteiger partial charge in [0.2, 0.25) is 0 Å². The van der Waals surface area contributed by atoms with E-state index in [0.717, 1.165) is 5.06 Å². The van der Waals surface area contributed by atoms with Crippen LogP contribution in [0.5, 0.6) is 0 Å². The van der Waals surface area contributed by atoms with Gasteiger partial charge in [0.05, 0.1) is 12.2 Å². The topological polar surface area (TPSA) is 55.8 Å². The molecule has 0 aromatic heterocycles. The van der Waals surface area contributed by atoms with Gasteiger partial charge in [0, 0.05) is 12.6 Å². The van der Waals surface area contributed by atoms with Gasteiger partial charge in [-0.15, -0.1) is 6.58 Å². The Morgan fingerprint density at radius 2 is 1.85 bits per heavy atom. The summed E-state index contributed by atoms with van der Waals surface area (Å²) in [6, 6.07) is 6.24. The largest absolute Gasteiger partial charge is 0.458 e. The molecule has 1 amide bonds. The number of carbonyl (C=O) groups excluding carboxylic acids is 2. The van der Waals surface area contributed by atoms with Crippen molar-refractivity contribution in [3.8, 4) is 0 Å². The number of hydroxylamine groups is 2. The SMILES string of the molecule is C=CCOC(=O)c1cccc(C(=O)N(C)OCC=C)c1. The van der Waals surface area contributed by atoms with Crippen molar-refractivity contribution in [2.75, 3.05) is 20.3 Å². The van der Waals surface area contributed by atoms with Crippen LogP contribution in [0.3, 0.4) is 0 Å². The minimum atomic E-state index is -0.505. The molecular weight excluding hydrogens is 258 g/mol. The van der Waals surface area contributed by atoms with E-state index in [0.29, 0.717) is 11.1 Å². The average molecular weight is 275 g/mol. The Kier molecular flexibility index (Phi) is 6.19. The zero-order valence-corrected chi connectivity index (χ0v) is 11.4. The summed E-state index contributed by atoms with van der Waals surface area (Å²) in [5, 5.41) is 1.09. The number of ether oxygens (including phenoxy) is 1. The maximum Gasteiger partial charge on any atom is 0.338 e. The molecule has 0 fully saturated rings. The average Bonchev–Trinajstić information content (AvgIpc) is 2.49. The van der Waals surface area contributed by atoms with Crippen LogP contribution in [0.1, 0.15) is 20.7 Å². The summed E-state index contributed by atoms with van der Waals surface area (Å²) >= 11 is 0. The van der Waals surface area contributed by atoms with Gasteiger partial charge in [0.25, 0.3) is 5.91 Å². The van der Waals surface area contributed by atoms with Crippen molar-refractivity contribution in [1.29, 1.82) is 0 Å². The van der Waals surface area contributed by atoms with Crippen LogP contribution in [0.15, 0.2) is 49.6 Å². The number of hydrogen-bond acceptors (Lipinski definition) is 4. The number of carbonyl (C=O) groups is 2. The molecule has 106 valence electrons. The van der Waals surface area contributed by atoms with E-state index in [2.05, 4.69) is 13.2 Å². The highest BCUT2D eigenvalue weighted by Crippen LogP contribution is 2.09. The molecule has 0 aliphatic heterocycles. The van der Waals surface area contributed by atoms with Gasteiger partial charge in [0.1, 0.15) is 6.61 Å². The fourth-order valence-corrected chi connectivity index (χ4v) is 1.40. The molecule has 0 saturated carbocycles. The van der Waals surface area contributed by atoms with E-state index in [-0.39, 0.29) is 19.1 Å². The van der Waals surface area contributed by atoms with Gasteiger partial charge in [-0.2, -0.15) is 0 Å². The lowest BCUT2D eigenvalue weighted by molar-refractivity contribution is -0.0932. The maximum atomic E-state index is 12.0. The third kappa shape index (κ3) is 4.37. The standard InChI is InChI=1S/C15H17NO4/c1-4-9-19-15(18)13-8-6-7-12(11-13)14(17)16(3)20-10-5-2/h4-8,11H,1-2,9-10H2,3H3. The van der Waals surface area contributed by atoms with Gasteiger partial charge in [0.15, 0.2) is 0 Å². The number of benzene rings is 1. The van der Waals surface area contributed by atoms with Crippen LogP contribution in [0.25, 0.3) is 0 Å². The number of amides is 1. The molecule has 0 unspecified atom stereocenters. The van der Waals surface area contributed by atoms with Crippen LogP contribution >= 0.6 is 0 Å². The van der Waals surface area contributed by atoms with Crippen molar-refractivity contribution in [3.63, 3.8) is 0 Å². The molecule has 20 heavy (non-hydrogen) atoms. The summed E-state index contributed by atoms with van der Waals surface area (Å²) in [5.74, 6) is -0.862. The van der Waals surface area contributed by atoms with Crippen molar-refractivity contribution >= 4 is 11.9 Å². The van der Waals surface area contributed by atoms with Gasteiger partial charge in [-0.3, -0.25) is 9.63 Å². The van der Waals surface area contributed by atoms with Crippen molar-refractivity contribution in [2.45, 2.75) is 0 Å². The molecule has 0 heterocycles. The lowest BCUT2D eigenvalue weighted by atomic mass is 10.1. The zero-order chi connectivity index (χ0) is 15.0. The van der Waals surface area contributed by atoms with Gasteiger partial charge < -0.3 is 4.74 Å². The summed E-state index contributed by atoms with van der Waals surface area (Å²) in [7, 11) is 1.49. The normalized spacial score (nSPS) is 9.65. The quantitative estimate of drug-likeness (QED) is 0.435. The fourth-order valence-electron chi connectivity index (χ4n) is 1.40. The molecule has 0 N–H and O–H groups in total. The van der Waals surface area contributed by atoms with Crippen LogP contribution in [0.4, 0.5) is 0 Å². The van der Waals surface area contributed by atoms with E-state index in [1.165, 1.54) is 25.3 Å². The Morgan fingerprint density at radius 3 is 2.50 bits per heavy atom. The first kappa shape index (κ1) is 15.7. The molecule has 1 rings (SSSR count).